The number of fused-ring (bicyclic) bond motifs is 4. The summed E-state index contributed by atoms with van der Waals surface area (Å²) < 4.78 is 0. The van der Waals surface area contributed by atoms with Gasteiger partial charge in [-0.25, -0.2) is 0 Å². The van der Waals surface area contributed by atoms with E-state index in [4.69, 9.17) is 0 Å². The molecule has 4 nitrogen and oxygen atoms in total. The lowest BCUT2D eigenvalue weighted by Crippen LogP contribution is -2.42. The third kappa shape index (κ3) is 6.97. The van der Waals surface area contributed by atoms with Crippen molar-refractivity contribution in [3.8, 4) is 0 Å². The Morgan fingerprint density at radius 1 is 0.500 bits per heavy atom. The number of allylic oxidation sites excluding steroid dienone is 4. The zero-order chi connectivity index (χ0) is 31.4. The molecule has 2 N–H and O–H groups in total. The SMILES string of the molecule is O[C@@](CCN1CCCCC1)(c1ccccc1)C1CC2C=CC1C2.O[C@](CCN1CCCCC1)(c1ccccc1)C1CC2C=CC1C2. The lowest BCUT2D eigenvalue weighted by atomic mass is 9.72. The second-order valence-electron chi connectivity index (χ2n) is 15.7. The third-order valence-corrected chi connectivity index (χ3v) is 12.8. The summed E-state index contributed by atoms with van der Waals surface area (Å²) in [6, 6.07) is 20.9. The summed E-state index contributed by atoms with van der Waals surface area (Å²) in [7, 11) is 0. The Hall–Kier alpha value is -2.24. The van der Waals surface area contributed by atoms with Crippen LogP contribution in [0.25, 0.3) is 0 Å². The van der Waals surface area contributed by atoms with Crippen LogP contribution in [-0.2, 0) is 11.2 Å². The Morgan fingerprint density at radius 3 is 1.22 bits per heavy atom. The first-order valence-electron chi connectivity index (χ1n) is 18.9. The predicted octanol–water partition coefficient (Wildman–Crippen LogP) is 7.92. The van der Waals surface area contributed by atoms with Crippen molar-refractivity contribution < 1.29 is 10.2 Å². The summed E-state index contributed by atoms with van der Waals surface area (Å²) in [5.74, 6) is 3.35. The van der Waals surface area contributed by atoms with E-state index in [1.807, 2.05) is 0 Å². The second kappa shape index (κ2) is 14.5. The number of aliphatic hydroxyl groups is 2. The fourth-order valence-electron chi connectivity index (χ4n) is 10.2. The zero-order valence-electron chi connectivity index (χ0n) is 28.1. The number of benzene rings is 2. The molecule has 2 aliphatic heterocycles. The molecular formula is C42H58N2O2. The minimum absolute atomic E-state index is 0.393. The van der Waals surface area contributed by atoms with Crippen LogP contribution in [0.5, 0.6) is 0 Å². The normalized spacial score (nSPS) is 33.0. The molecule has 0 amide bonds. The van der Waals surface area contributed by atoms with Gasteiger partial charge in [-0.1, -0.05) is 97.8 Å². The Bertz CT molecular complexity index is 1200. The number of hydrogen-bond donors (Lipinski definition) is 2. The van der Waals surface area contributed by atoms with E-state index >= 15 is 0 Å². The van der Waals surface area contributed by atoms with Gasteiger partial charge in [0.15, 0.2) is 0 Å². The van der Waals surface area contributed by atoms with Gasteiger partial charge in [-0.05, 0) is 137 Å². The maximum absolute atomic E-state index is 11.8. The van der Waals surface area contributed by atoms with Gasteiger partial charge in [-0.3, -0.25) is 0 Å². The van der Waals surface area contributed by atoms with Crippen LogP contribution in [0.2, 0.25) is 0 Å². The molecule has 2 saturated carbocycles. The lowest BCUT2D eigenvalue weighted by Gasteiger charge is -2.40. The Balaban J connectivity index is 0.000000147. The van der Waals surface area contributed by atoms with Crippen molar-refractivity contribution in [2.75, 3.05) is 39.3 Å². The molecule has 0 radical (unpaired) electrons. The van der Waals surface area contributed by atoms with Gasteiger partial charge < -0.3 is 20.0 Å². The quantitative estimate of drug-likeness (QED) is 0.264. The zero-order valence-corrected chi connectivity index (χ0v) is 28.1. The van der Waals surface area contributed by atoms with Crippen LogP contribution in [0.15, 0.2) is 85.0 Å². The van der Waals surface area contributed by atoms with E-state index in [0.717, 1.165) is 49.9 Å². The maximum Gasteiger partial charge on any atom is 0.0942 e. The van der Waals surface area contributed by atoms with Gasteiger partial charge in [0, 0.05) is 13.1 Å². The van der Waals surface area contributed by atoms with Crippen molar-refractivity contribution >= 4 is 0 Å². The first-order chi connectivity index (χ1) is 22.5. The fourth-order valence-corrected chi connectivity index (χ4v) is 10.2. The highest BCUT2D eigenvalue weighted by atomic mass is 16.3. The Labute approximate surface area is 278 Å². The Kier molecular flexibility index (Phi) is 10.2. The highest BCUT2D eigenvalue weighted by Crippen LogP contribution is 2.53. The van der Waals surface area contributed by atoms with Crippen molar-refractivity contribution in [3.05, 3.63) is 96.1 Å². The summed E-state index contributed by atoms with van der Waals surface area (Å²) in [4.78, 5) is 5.11. The number of nitrogens with zero attached hydrogens (tertiary/aromatic N) is 2. The standard InChI is InChI=1S/2C21H29NO/c2*23-21(19-7-3-1-4-8-19,11-14-22-12-5-2-6-13-22)20-16-17-9-10-18(20)15-17/h2*1,3-4,7-10,17-18,20,23H,2,5-6,11-16H2/t2*17?,18?,20?,21-/m10/s1. The lowest BCUT2D eigenvalue weighted by molar-refractivity contribution is -0.0498. The molecule has 6 unspecified atom stereocenters. The first kappa shape index (κ1) is 32.3. The smallest absolute Gasteiger partial charge is 0.0942 e. The van der Waals surface area contributed by atoms with E-state index in [2.05, 4.69) is 94.8 Å². The highest BCUT2D eigenvalue weighted by Gasteiger charge is 2.49. The molecule has 4 aliphatic carbocycles. The van der Waals surface area contributed by atoms with Gasteiger partial charge in [-0.2, -0.15) is 0 Å². The number of piperidine rings is 2. The largest absolute Gasteiger partial charge is 0.385 e. The highest BCUT2D eigenvalue weighted by molar-refractivity contribution is 5.28. The summed E-state index contributed by atoms with van der Waals surface area (Å²) in [5, 5.41) is 23.5. The molecule has 0 aromatic heterocycles. The molecule has 2 saturated heterocycles. The molecule has 248 valence electrons. The second-order valence-corrected chi connectivity index (χ2v) is 15.7. The molecule has 0 spiro atoms. The molecular weight excluding hydrogens is 564 g/mol. The topological polar surface area (TPSA) is 46.9 Å². The van der Waals surface area contributed by atoms with E-state index in [-0.39, 0.29) is 0 Å². The van der Waals surface area contributed by atoms with Crippen molar-refractivity contribution in [1.29, 1.82) is 0 Å². The van der Waals surface area contributed by atoms with Crippen LogP contribution in [0.4, 0.5) is 0 Å². The van der Waals surface area contributed by atoms with Crippen molar-refractivity contribution in [3.63, 3.8) is 0 Å². The van der Waals surface area contributed by atoms with Crippen LogP contribution >= 0.6 is 0 Å². The van der Waals surface area contributed by atoms with E-state index in [9.17, 15) is 10.2 Å². The van der Waals surface area contributed by atoms with E-state index < -0.39 is 11.2 Å². The molecule has 46 heavy (non-hydrogen) atoms. The number of hydrogen-bond acceptors (Lipinski definition) is 4. The monoisotopic (exact) mass is 622 g/mol. The first-order valence-corrected chi connectivity index (χ1v) is 18.9. The van der Waals surface area contributed by atoms with Gasteiger partial charge in [0.05, 0.1) is 11.2 Å². The van der Waals surface area contributed by atoms with E-state index in [1.54, 1.807) is 0 Å². The summed E-state index contributed by atoms with van der Waals surface area (Å²) in [5.41, 5.74) is 0.928. The maximum atomic E-state index is 11.8. The Morgan fingerprint density at radius 2 is 0.891 bits per heavy atom. The van der Waals surface area contributed by atoms with Gasteiger partial charge >= 0.3 is 0 Å². The van der Waals surface area contributed by atoms with Crippen LogP contribution in [0.1, 0.15) is 88.2 Å². The molecule has 2 heterocycles. The van der Waals surface area contributed by atoms with Gasteiger partial charge in [0.25, 0.3) is 0 Å². The molecule has 4 fully saturated rings. The van der Waals surface area contributed by atoms with Crippen LogP contribution in [0, 0.1) is 35.5 Å². The average molecular weight is 623 g/mol. The van der Waals surface area contributed by atoms with E-state index in [0.29, 0.717) is 35.5 Å². The van der Waals surface area contributed by atoms with Crippen molar-refractivity contribution in [1.82, 2.24) is 9.80 Å². The molecule has 8 atom stereocenters. The van der Waals surface area contributed by atoms with Crippen LogP contribution in [-0.4, -0.2) is 59.3 Å². The van der Waals surface area contributed by atoms with Gasteiger partial charge in [-0.15, -0.1) is 0 Å². The number of rotatable bonds is 10. The fraction of sp³-hybridized carbons (Fsp3) is 0.619. The summed E-state index contributed by atoms with van der Waals surface area (Å²) in [6.07, 6.45) is 24.1. The molecule has 4 bridgehead atoms. The average Bonchev–Trinajstić information content (AvgIpc) is 3.96. The van der Waals surface area contributed by atoms with Gasteiger partial charge in [0.1, 0.15) is 0 Å². The predicted molar refractivity (Wildman–Crippen MR) is 188 cm³/mol. The van der Waals surface area contributed by atoms with Crippen molar-refractivity contribution in [2.45, 2.75) is 88.3 Å². The third-order valence-electron chi connectivity index (χ3n) is 12.8. The minimum atomic E-state index is -0.664. The van der Waals surface area contributed by atoms with Crippen LogP contribution in [0.3, 0.4) is 0 Å². The minimum Gasteiger partial charge on any atom is -0.385 e. The number of likely N-dealkylation sites (tertiary alicyclic amines) is 2. The molecule has 2 aromatic rings. The van der Waals surface area contributed by atoms with Gasteiger partial charge in [0.2, 0.25) is 0 Å². The van der Waals surface area contributed by atoms with Crippen molar-refractivity contribution in [2.24, 2.45) is 35.5 Å². The molecule has 8 rings (SSSR count). The van der Waals surface area contributed by atoms with Crippen LogP contribution < -0.4 is 0 Å². The molecule has 6 aliphatic rings. The summed E-state index contributed by atoms with van der Waals surface area (Å²) >= 11 is 0. The molecule has 2 aromatic carbocycles. The summed E-state index contributed by atoms with van der Waals surface area (Å²) in [6.45, 7) is 6.90. The molecule has 4 heteroatoms. The van der Waals surface area contributed by atoms with E-state index in [1.165, 1.54) is 77.5 Å².